The lowest BCUT2D eigenvalue weighted by atomic mass is 9.97. The van der Waals surface area contributed by atoms with Crippen molar-refractivity contribution in [2.75, 3.05) is 0 Å². The van der Waals surface area contributed by atoms with Crippen LogP contribution in [-0.4, -0.2) is 0 Å². The van der Waals surface area contributed by atoms with Gasteiger partial charge < -0.3 is 5.73 Å². The number of halogens is 2. The highest BCUT2D eigenvalue weighted by molar-refractivity contribution is 9.10. The van der Waals surface area contributed by atoms with Crippen LogP contribution in [0.5, 0.6) is 0 Å². The minimum Gasteiger partial charge on any atom is -0.324 e. The van der Waals surface area contributed by atoms with Crippen LogP contribution in [0, 0.1) is 13.8 Å². The lowest BCUT2D eigenvalue weighted by Gasteiger charge is -2.15. The molecule has 0 aliphatic rings. The van der Waals surface area contributed by atoms with Gasteiger partial charge in [-0.2, -0.15) is 0 Å². The number of nitrogens with two attached hydrogens (primary N) is 1. The van der Waals surface area contributed by atoms with Gasteiger partial charge >= 0.3 is 0 Å². The Hall–Kier alpha value is -0.830. The average molecular weight is 339 g/mol. The Morgan fingerprint density at radius 2 is 1.74 bits per heavy atom. The maximum atomic E-state index is 6.31. The molecule has 3 heteroatoms. The summed E-state index contributed by atoms with van der Waals surface area (Å²) in [5.41, 5.74) is 11.2. The molecule has 100 valence electrons. The maximum Gasteiger partial charge on any atom is 0.0410 e. The highest BCUT2D eigenvalue weighted by Gasteiger charge is 2.11. The van der Waals surface area contributed by atoms with Gasteiger partial charge in [-0.05, 0) is 49.6 Å². The zero-order valence-electron chi connectivity index (χ0n) is 11.1. The van der Waals surface area contributed by atoms with E-state index in [0.29, 0.717) is 5.02 Å². The highest BCUT2D eigenvalue weighted by Crippen LogP contribution is 2.27. The van der Waals surface area contributed by atoms with Crippen molar-refractivity contribution >= 4 is 27.5 Å². The molecular weight excluding hydrogens is 322 g/mol. The Kier molecular flexibility index (Phi) is 4.67. The lowest BCUT2D eigenvalue weighted by Crippen LogP contribution is -2.14. The van der Waals surface area contributed by atoms with E-state index >= 15 is 0 Å². The van der Waals surface area contributed by atoms with Gasteiger partial charge in [0.2, 0.25) is 0 Å². The van der Waals surface area contributed by atoms with Gasteiger partial charge in [0.25, 0.3) is 0 Å². The van der Waals surface area contributed by atoms with Gasteiger partial charge in [-0.3, -0.25) is 0 Å². The smallest absolute Gasteiger partial charge is 0.0410 e. The number of benzene rings is 2. The Labute approximate surface area is 127 Å². The first-order valence-electron chi connectivity index (χ1n) is 6.23. The molecule has 0 saturated heterocycles. The van der Waals surface area contributed by atoms with Crippen LogP contribution in [0.3, 0.4) is 0 Å². The molecule has 19 heavy (non-hydrogen) atoms. The van der Waals surface area contributed by atoms with E-state index in [9.17, 15) is 0 Å². The monoisotopic (exact) mass is 337 g/mol. The van der Waals surface area contributed by atoms with Crippen molar-refractivity contribution in [1.82, 2.24) is 0 Å². The summed E-state index contributed by atoms with van der Waals surface area (Å²) in [6.45, 7) is 4.22. The van der Waals surface area contributed by atoms with Crippen LogP contribution < -0.4 is 5.73 Å². The predicted octanol–water partition coefficient (Wildman–Crippen LogP) is 4.96. The van der Waals surface area contributed by atoms with Crippen LogP contribution in [0.4, 0.5) is 0 Å². The summed E-state index contributed by atoms with van der Waals surface area (Å²) in [5, 5.41) is 0.717. The molecule has 2 aromatic rings. The summed E-state index contributed by atoms with van der Waals surface area (Å²) in [7, 11) is 0. The quantitative estimate of drug-likeness (QED) is 0.841. The van der Waals surface area contributed by atoms with Crippen molar-refractivity contribution in [3.63, 3.8) is 0 Å². The molecule has 0 spiro atoms. The topological polar surface area (TPSA) is 26.0 Å². The molecule has 0 fully saturated rings. The molecular formula is C16H17BrClN. The van der Waals surface area contributed by atoms with Crippen molar-refractivity contribution < 1.29 is 0 Å². The first-order chi connectivity index (χ1) is 8.95. The molecule has 0 bridgehead atoms. The summed E-state index contributed by atoms with van der Waals surface area (Å²) in [5.74, 6) is 0. The normalized spacial score (nSPS) is 12.5. The molecule has 1 unspecified atom stereocenters. The van der Waals surface area contributed by atoms with Crippen molar-refractivity contribution in [2.24, 2.45) is 5.73 Å². The Morgan fingerprint density at radius 3 is 2.37 bits per heavy atom. The van der Waals surface area contributed by atoms with Gasteiger partial charge in [0, 0.05) is 15.5 Å². The number of aryl methyl sites for hydroxylation is 2. The van der Waals surface area contributed by atoms with Crippen molar-refractivity contribution in [3.8, 4) is 0 Å². The summed E-state index contributed by atoms with van der Waals surface area (Å²) in [6.07, 6.45) is 0.807. The first kappa shape index (κ1) is 14.6. The lowest BCUT2D eigenvalue weighted by molar-refractivity contribution is 0.717. The van der Waals surface area contributed by atoms with E-state index < -0.39 is 0 Å². The fourth-order valence-electron chi connectivity index (χ4n) is 2.35. The predicted molar refractivity (Wildman–Crippen MR) is 85.7 cm³/mol. The minimum absolute atomic E-state index is 0.0609. The molecule has 2 N–H and O–H groups in total. The van der Waals surface area contributed by atoms with Crippen LogP contribution in [-0.2, 0) is 6.42 Å². The molecule has 0 aliphatic carbocycles. The molecule has 1 atom stereocenters. The fourth-order valence-corrected chi connectivity index (χ4v) is 3.07. The van der Waals surface area contributed by atoms with E-state index in [2.05, 4.69) is 48.0 Å². The molecule has 2 rings (SSSR count). The van der Waals surface area contributed by atoms with E-state index in [1.807, 2.05) is 18.2 Å². The SMILES string of the molecule is Cc1cc(C)cc(CC(N)c2cc(Cl)ccc2Br)c1. The van der Waals surface area contributed by atoms with E-state index in [0.717, 1.165) is 16.5 Å². The second-order valence-corrected chi connectivity index (χ2v) is 6.26. The highest BCUT2D eigenvalue weighted by atomic mass is 79.9. The summed E-state index contributed by atoms with van der Waals surface area (Å²) in [6, 6.07) is 12.2. The van der Waals surface area contributed by atoms with E-state index in [1.54, 1.807) is 0 Å². The van der Waals surface area contributed by atoms with Gasteiger partial charge in [0.1, 0.15) is 0 Å². The first-order valence-corrected chi connectivity index (χ1v) is 7.40. The molecule has 2 aromatic carbocycles. The second kappa shape index (κ2) is 6.08. The van der Waals surface area contributed by atoms with Crippen LogP contribution in [0.1, 0.15) is 28.3 Å². The van der Waals surface area contributed by atoms with E-state index in [1.165, 1.54) is 16.7 Å². The van der Waals surface area contributed by atoms with Gasteiger partial charge in [0.05, 0.1) is 0 Å². The Balaban J connectivity index is 2.25. The maximum absolute atomic E-state index is 6.31. The third-order valence-corrected chi connectivity index (χ3v) is 4.05. The van der Waals surface area contributed by atoms with Crippen molar-refractivity contribution in [1.29, 1.82) is 0 Å². The third kappa shape index (κ3) is 3.82. The summed E-state index contributed by atoms with van der Waals surface area (Å²) >= 11 is 9.57. The van der Waals surface area contributed by atoms with Crippen LogP contribution in [0.25, 0.3) is 0 Å². The van der Waals surface area contributed by atoms with Crippen LogP contribution in [0.15, 0.2) is 40.9 Å². The van der Waals surface area contributed by atoms with Crippen LogP contribution in [0.2, 0.25) is 5.02 Å². The van der Waals surface area contributed by atoms with E-state index in [-0.39, 0.29) is 6.04 Å². The Bertz CT molecular complexity index is 575. The fraction of sp³-hybridized carbons (Fsp3) is 0.250. The molecule has 0 heterocycles. The number of hydrogen-bond acceptors (Lipinski definition) is 1. The summed E-state index contributed by atoms with van der Waals surface area (Å²) in [4.78, 5) is 0. The van der Waals surface area contributed by atoms with E-state index in [4.69, 9.17) is 17.3 Å². The van der Waals surface area contributed by atoms with Gasteiger partial charge in [-0.1, -0.05) is 56.9 Å². The molecule has 1 nitrogen and oxygen atoms in total. The molecule has 0 radical (unpaired) electrons. The standard InChI is InChI=1S/C16H17BrClN/c1-10-5-11(2)7-12(6-10)8-16(19)14-9-13(18)3-4-15(14)17/h3-7,9,16H,8,19H2,1-2H3. The number of rotatable bonds is 3. The van der Waals surface area contributed by atoms with Crippen molar-refractivity contribution in [3.05, 3.63) is 68.1 Å². The molecule has 0 aliphatic heterocycles. The molecule has 0 saturated carbocycles. The van der Waals surface area contributed by atoms with Gasteiger partial charge in [-0.15, -0.1) is 0 Å². The largest absolute Gasteiger partial charge is 0.324 e. The third-order valence-electron chi connectivity index (χ3n) is 3.09. The minimum atomic E-state index is -0.0609. The Morgan fingerprint density at radius 1 is 1.11 bits per heavy atom. The zero-order chi connectivity index (χ0) is 14.0. The van der Waals surface area contributed by atoms with Crippen molar-refractivity contribution in [2.45, 2.75) is 26.3 Å². The van der Waals surface area contributed by atoms with Gasteiger partial charge in [-0.25, -0.2) is 0 Å². The van der Waals surface area contributed by atoms with Gasteiger partial charge in [0.15, 0.2) is 0 Å². The molecule has 0 aromatic heterocycles. The average Bonchev–Trinajstić information content (AvgIpc) is 2.30. The number of hydrogen-bond donors (Lipinski definition) is 1. The second-order valence-electron chi connectivity index (χ2n) is 4.97. The summed E-state index contributed by atoms with van der Waals surface area (Å²) < 4.78 is 1.01. The van der Waals surface area contributed by atoms with Crippen LogP contribution >= 0.6 is 27.5 Å². The zero-order valence-corrected chi connectivity index (χ0v) is 13.4. The molecule has 0 amide bonds.